The van der Waals surface area contributed by atoms with Crippen molar-refractivity contribution in [1.82, 2.24) is 10.3 Å². The van der Waals surface area contributed by atoms with E-state index in [1.807, 2.05) is 19.4 Å². The monoisotopic (exact) mass is 206 g/mol. The summed E-state index contributed by atoms with van der Waals surface area (Å²) in [7, 11) is 2.03. The van der Waals surface area contributed by atoms with E-state index >= 15 is 0 Å². The Labute approximate surface area is 93.1 Å². The Balaban J connectivity index is 2.90. The lowest BCUT2D eigenvalue weighted by Crippen LogP contribution is -2.19. The predicted molar refractivity (Wildman–Crippen MR) is 64.9 cm³/mol. The van der Waals surface area contributed by atoms with Crippen molar-refractivity contribution >= 4 is 0 Å². The van der Waals surface area contributed by atoms with Gasteiger partial charge in [-0.2, -0.15) is 0 Å². The second kappa shape index (κ2) is 5.86. The third kappa shape index (κ3) is 3.31. The number of nitrogens with one attached hydrogen (secondary N) is 1. The molecule has 2 heteroatoms. The van der Waals surface area contributed by atoms with Gasteiger partial charge in [0.05, 0.1) is 0 Å². The van der Waals surface area contributed by atoms with Gasteiger partial charge in [-0.1, -0.05) is 20.8 Å². The maximum atomic E-state index is 4.18. The molecule has 0 spiro atoms. The Morgan fingerprint density at radius 2 is 2.13 bits per heavy atom. The highest BCUT2D eigenvalue weighted by atomic mass is 14.9. The van der Waals surface area contributed by atoms with Crippen LogP contribution in [-0.4, -0.2) is 12.0 Å². The lowest BCUT2D eigenvalue weighted by atomic mass is 9.94. The van der Waals surface area contributed by atoms with Gasteiger partial charge < -0.3 is 5.32 Å². The highest BCUT2D eigenvalue weighted by Crippen LogP contribution is 2.23. The van der Waals surface area contributed by atoms with Crippen LogP contribution in [0.15, 0.2) is 18.5 Å². The molecule has 1 aromatic rings. The van der Waals surface area contributed by atoms with Gasteiger partial charge in [-0.3, -0.25) is 4.98 Å². The molecule has 15 heavy (non-hydrogen) atoms. The first-order valence-electron chi connectivity index (χ1n) is 5.79. The van der Waals surface area contributed by atoms with E-state index in [1.54, 1.807) is 0 Å². The molecule has 0 aliphatic heterocycles. The summed E-state index contributed by atoms with van der Waals surface area (Å²) < 4.78 is 0. The average molecular weight is 206 g/mol. The van der Waals surface area contributed by atoms with Gasteiger partial charge in [0.2, 0.25) is 0 Å². The van der Waals surface area contributed by atoms with Crippen molar-refractivity contribution in [2.24, 2.45) is 5.92 Å². The molecule has 0 fully saturated rings. The van der Waals surface area contributed by atoms with Gasteiger partial charge in [0.25, 0.3) is 0 Å². The van der Waals surface area contributed by atoms with Crippen LogP contribution in [0.1, 0.15) is 44.4 Å². The molecule has 0 saturated heterocycles. The number of aromatic nitrogens is 1. The first kappa shape index (κ1) is 12.2. The van der Waals surface area contributed by atoms with Crippen LogP contribution in [0.25, 0.3) is 0 Å². The topological polar surface area (TPSA) is 24.9 Å². The molecule has 84 valence electrons. The fourth-order valence-corrected chi connectivity index (χ4v) is 1.94. The van der Waals surface area contributed by atoms with E-state index in [-0.39, 0.29) is 0 Å². The zero-order valence-corrected chi connectivity index (χ0v) is 10.2. The molecule has 1 N–H and O–H groups in total. The summed E-state index contributed by atoms with van der Waals surface area (Å²) in [6.45, 7) is 6.71. The molecule has 1 aromatic heterocycles. The van der Waals surface area contributed by atoms with Crippen molar-refractivity contribution in [3.63, 3.8) is 0 Å². The Morgan fingerprint density at radius 3 is 2.67 bits per heavy atom. The van der Waals surface area contributed by atoms with Crippen LogP contribution in [0.4, 0.5) is 0 Å². The number of rotatable bonds is 5. The van der Waals surface area contributed by atoms with Crippen LogP contribution < -0.4 is 5.32 Å². The van der Waals surface area contributed by atoms with Gasteiger partial charge in [-0.25, -0.2) is 0 Å². The first-order valence-corrected chi connectivity index (χ1v) is 5.79. The number of hydrogen-bond donors (Lipinski definition) is 1. The van der Waals surface area contributed by atoms with E-state index in [0.29, 0.717) is 12.0 Å². The van der Waals surface area contributed by atoms with Crippen molar-refractivity contribution in [3.05, 3.63) is 29.6 Å². The van der Waals surface area contributed by atoms with E-state index in [1.165, 1.54) is 17.5 Å². The maximum absolute atomic E-state index is 4.18. The normalized spacial score (nSPS) is 13.1. The number of hydrogen-bond acceptors (Lipinski definition) is 2. The van der Waals surface area contributed by atoms with Crippen LogP contribution in [0.5, 0.6) is 0 Å². The van der Waals surface area contributed by atoms with E-state index in [4.69, 9.17) is 0 Å². The van der Waals surface area contributed by atoms with Gasteiger partial charge in [0.15, 0.2) is 0 Å². The fourth-order valence-electron chi connectivity index (χ4n) is 1.94. The van der Waals surface area contributed by atoms with Crippen molar-refractivity contribution in [2.75, 3.05) is 7.05 Å². The van der Waals surface area contributed by atoms with Crippen LogP contribution >= 0.6 is 0 Å². The second-order valence-electron chi connectivity index (χ2n) is 4.40. The molecule has 1 atom stereocenters. The standard InChI is InChI=1S/C13H22N2/c1-5-11-9-15-7-6-12(11)13(14-4)8-10(2)3/h6-7,9-10,13-14H,5,8H2,1-4H3. The lowest BCUT2D eigenvalue weighted by Gasteiger charge is -2.21. The third-order valence-electron chi connectivity index (χ3n) is 2.75. The molecule has 0 saturated carbocycles. The highest BCUT2D eigenvalue weighted by Gasteiger charge is 2.13. The first-order chi connectivity index (χ1) is 7.19. The summed E-state index contributed by atoms with van der Waals surface area (Å²) in [6.07, 6.45) is 6.10. The van der Waals surface area contributed by atoms with Gasteiger partial charge in [-0.05, 0) is 43.0 Å². The molecular formula is C13H22N2. The summed E-state index contributed by atoms with van der Waals surface area (Å²) >= 11 is 0. The molecule has 0 aliphatic carbocycles. The zero-order chi connectivity index (χ0) is 11.3. The Kier molecular flexibility index (Phi) is 4.76. The summed E-state index contributed by atoms with van der Waals surface area (Å²) in [6, 6.07) is 2.60. The van der Waals surface area contributed by atoms with Crippen LogP contribution in [-0.2, 0) is 6.42 Å². The maximum Gasteiger partial charge on any atom is 0.0323 e. The van der Waals surface area contributed by atoms with Gasteiger partial charge in [-0.15, -0.1) is 0 Å². The van der Waals surface area contributed by atoms with E-state index in [2.05, 4.69) is 37.1 Å². The fraction of sp³-hybridized carbons (Fsp3) is 0.615. The van der Waals surface area contributed by atoms with E-state index in [0.717, 1.165) is 6.42 Å². The van der Waals surface area contributed by atoms with Gasteiger partial charge in [0, 0.05) is 18.4 Å². The van der Waals surface area contributed by atoms with Crippen molar-refractivity contribution in [1.29, 1.82) is 0 Å². The molecule has 0 bridgehead atoms. The summed E-state index contributed by atoms with van der Waals surface area (Å²) in [5.41, 5.74) is 2.77. The van der Waals surface area contributed by atoms with Crippen molar-refractivity contribution in [2.45, 2.75) is 39.7 Å². The highest BCUT2D eigenvalue weighted by molar-refractivity contribution is 5.26. The summed E-state index contributed by atoms with van der Waals surface area (Å²) in [4.78, 5) is 4.18. The Hall–Kier alpha value is -0.890. The zero-order valence-electron chi connectivity index (χ0n) is 10.2. The predicted octanol–water partition coefficient (Wildman–Crippen LogP) is 2.95. The quantitative estimate of drug-likeness (QED) is 0.801. The number of aryl methyl sites for hydroxylation is 1. The molecule has 2 nitrogen and oxygen atoms in total. The Morgan fingerprint density at radius 1 is 1.40 bits per heavy atom. The van der Waals surface area contributed by atoms with Gasteiger partial charge in [0.1, 0.15) is 0 Å². The minimum atomic E-state index is 0.461. The number of nitrogens with zero attached hydrogens (tertiary/aromatic N) is 1. The smallest absolute Gasteiger partial charge is 0.0323 e. The Bertz CT molecular complexity index is 294. The van der Waals surface area contributed by atoms with E-state index in [9.17, 15) is 0 Å². The second-order valence-corrected chi connectivity index (χ2v) is 4.40. The van der Waals surface area contributed by atoms with Crippen molar-refractivity contribution < 1.29 is 0 Å². The minimum absolute atomic E-state index is 0.461. The summed E-state index contributed by atoms with van der Waals surface area (Å²) in [5.74, 6) is 0.709. The molecular weight excluding hydrogens is 184 g/mol. The van der Waals surface area contributed by atoms with Crippen LogP contribution in [0.2, 0.25) is 0 Å². The van der Waals surface area contributed by atoms with Crippen molar-refractivity contribution in [3.8, 4) is 0 Å². The lowest BCUT2D eigenvalue weighted by molar-refractivity contribution is 0.454. The molecule has 0 aliphatic rings. The number of pyridine rings is 1. The molecule has 0 radical (unpaired) electrons. The molecule has 0 aromatic carbocycles. The minimum Gasteiger partial charge on any atom is -0.313 e. The van der Waals surface area contributed by atoms with E-state index < -0.39 is 0 Å². The molecule has 1 heterocycles. The van der Waals surface area contributed by atoms with Crippen LogP contribution in [0, 0.1) is 5.92 Å². The molecule has 1 unspecified atom stereocenters. The average Bonchev–Trinajstić information content (AvgIpc) is 2.25. The largest absolute Gasteiger partial charge is 0.313 e. The molecule has 1 rings (SSSR count). The third-order valence-corrected chi connectivity index (χ3v) is 2.75. The SMILES string of the molecule is CCc1cnccc1C(CC(C)C)NC. The van der Waals surface area contributed by atoms with Gasteiger partial charge >= 0.3 is 0 Å². The molecule has 0 amide bonds. The van der Waals surface area contributed by atoms with Crippen LogP contribution in [0.3, 0.4) is 0 Å². The summed E-state index contributed by atoms with van der Waals surface area (Å²) in [5, 5.41) is 3.40.